The van der Waals surface area contributed by atoms with Gasteiger partial charge in [0.2, 0.25) is 0 Å². The minimum atomic E-state index is -0.697. The monoisotopic (exact) mass is 302 g/mol. The Morgan fingerprint density at radius 1 is 1.14 bits per heavy atom. The third-order valence-electron chi connectivity index (χ3n) is 4.86. The zero-order chi connectivity index (χ0) is 16.0. The summed E-state index contributed by atoms with van der Waals surface area (Å²) in [6.45, 7) is 3.62. The molecular formula is C20H30O2. The van der Waals surface area contributed by atoms with E-state index in [1.165, 1.54) is 49.7 Å². The molecule has 2 rings (SSSR count). The maximum absolute atomic E-state index is 11.1. The van der Waals surface area contributed by atoms with E-state index in [9.17, 15) is 4.79 Å². The van der Waals surface area contributed by atoms with Crippen molar-refractivity contribution in [2.75, 3.05) is 0 Å². The lowest BCUT2D eigenvalue weighted by molar-refractivity contribution is -0.147. The van der Waals surface area contributed by atoms with E-state index in [0.717, 1.165) is 25.2 Å². The second-order valence-electron chi connectivity index (χ2n) is 7.55. The van der Waals surface area contributed by atoms with E-state index >= 15 is 0 Å². The molecule has 2 nitrogen and oxygen atoms in total. The fraction of sp³-hybridized carbons (Fsp3) is 0.650. The summed E-state index contributed by atoms with van der Waals surface area (Å²) in [5.74, 6) is 0.348. The molecule has 1 saturated carbocycles. The predicted octanol–water partition coefficient (Wildman–Crippen LogP) is 5.24. The van der Waals surface area contributed by atoms with Crippen molar-refractivity contribution in [1.82, 2.24) is 0 Å². The molecule has 22 heavy (non-hydrogen) atoms. The highest BCUT2D eigenvalue weighted by Crippen LogP contribution is 2.34. The van der Waals surface area contributed by atoms with E-state index in [1.807, 2.05) is 13.8 Å². The molecule has 0 saturated heterocycles. The molecule has 1 aliphatic carbocycles. The maximum atomic E-state index is 11.1. The highest BCUT2D eigenvalue weighted by Gasteiger charge is 2.26. The average molecular weight is 302 g/mol. The minimum Gasteiger partial charge on any atom is -0.481 e. The first-order chi connectivity index (χ1) is 10.5. The molecule has 1 aliphatic rings. The number of hydrogen-bond acceptors (Lipinski definition) is 1. The molecule has 1 fully saturated rings. The van der Waals surface area contributed by atoms with E-state index < -0.39 is 11.4 Å². The molecule has 0 heterocycles. The number of carboxylic acid groups (broad SMARTS) is 1. The van der Waals surface area contributed by atoms with Gasteiger partial charge in [-0.25, -0.2) is 0 Å². The first kappa shape index (κ1) is 17.1. The second-order valence-corrected chi connectivity index (χ2v) is 7.55. The highest BCUT2D eigenvalue weighted by atomic mass is 16.4. The lowest BCUT2D eigenvalue weighted by Crippen LogP contribution is -2.23. The molecule has 2 heteroatoms. The van der Waals surface area contributed by atoms with Crippen molar-refractivity contribution in [2.24, 2.45) is 11.3 Å². The van der Waals surface area contributed by atoms with Crippen molar-refractivity contribution < 1.29 is 9.90 Å². The van der Waals surface area contributed by atoms with Gasteiger partial charge >= 0.3 is 5.97 Å². The summed E-state index contributed by atoms with van der Waals surface area (Å²) in [7, 11) is 0. The number of carbonyl (C=O) groups is 1. The van der Waals surface area contributed by atoms with Crippen molar-refractivity contribution in [3.05, 3.63) is 35.4 Å². The van der Waals surface area contributed by atoms with Crippen LogP contribution in [0.4, 0.5) is 0 Å². The third kappa shape index (κ3) is 5.82. The summed E-state index contributed by atoms with van der Waals surface area (Å²) in [6.07, 6.45) is 10.8. The smallest absolute Gasteiger partial charge is 0.309 e. The van der Waals surface area contributed by atoms with Crippen LogP contribution in [0.3, 0.4) is 0 Å². The van der Waals surface area contributed by atoms with Crippen LogP contribution in [0.25, 0.3) is 0 Å². The number of rotatable bonds is 10. The highest BCUT2D eigenvalue weighted by molar-refractivity contribution is 5.73. The third-order valence-corrected chi connectivity index (χ3v) is 4.86. The normalized spacial score (nSPS) is 15.0. The summed E-state index contributed by atoms with van der Waals surface area (Å²) in [5.41, 5.74) is 2.17. The molecule has 1 aromatic rings. The lowest BCUT2D eigenvalue weighted by Gasteiger charge is -2.18. The topological polar surface area (TPSA) is 37.3 Å². The van der Waals surface area contributed by atoms with Gasteiger partial charge in [0.05, 0.1) is 5.41 Å². The Kier molecular flexibility index (Phi) is 6.05. The maximum Gasteiger partial charge on any atom is 0.309 e. The quantitative estimate of drug-likeness (QED) is 0.600. The van der Waals surface area contributed by atoms with Gasteiger partial charge < -0.3 is 5.11 Å². The molecule has 0 unspecified atom stereocenters. The van der Waals surface area contributed by atoms with Gasteiger partial charge in [0.15, 0.2) is 0 Å². The summed E-state index contributed by atoms with van der Waals surface area (Å²) >= 11 is 0. The van der Waals surface area contributed by atoms with E-state index in [-0.39, 0.29) is 0 Å². The van der Waals surface area contributed by atoms with Gasteiger partial charge in [0.25, 0.3) is 0 Å². The number of unbranched alkanes of at least 4 members (excludes halogenated alkanes) is 1. The van der Waals surface area contributed by atoms with Crippen molar-refractivity contribution in [1.29, 1.82) is 0 Å². The van der Waals surface area contributed by atoms with E-state index in [1.54, 1.807) is 0 Å². The van der Waals surface area contributed by atoms with Gasteiger partial charge in [-0.15, -0.1) is 0 Å². The standard InChI is InChI=1S/C20H30O2/c1-20(2,19(21)22)14-6-11-18-10-5-9-17(15-18)8-4-3-7-16-12-13-16/h5,9-10,15-16H,3-4,6-8,11-14H2,1-2H3,(H,21,22). The Hall–Kier alpha value is -1.31. The fourth-order valence-corrected chi connectivity index (χ4v) is 2.95. The van der Waals surface area contributed by atoms with Gasteiger partial charge in [-0.3, -0.25) is 4.79 Å². The van der Waals surface area contributed by atoms with Gasteiger partial charge in [-0.05, 0) is 63.0 Å². The zero-order valence-electron chi connectivity index (χ0n) is 14.1. The Balaban J connectivity index is 1.71. The molecule has 0 spiro atoms. The molecule has 0 amide bonds. The van der Waals surface area contributed by atoms with Crippen LogP contribution in [-0.4, -0.2) is 11.1 Å². The number of aryl methyl sites for hydroxylation is 2. The molecule has 1 aromatic carbocycles. The summed E-state index contributed by atoms with van der Waals surface area (Å²) in [4.78, 5) is 11.1. The van der Waals surface area contributed by atoms with Crippen molar-refractivity contribution in [2.45, 2.75) is 71.6 Å². The minimum absolute atomic E-state index is 0.611. The number of hydrogen-bond donors (Lipinski definition) is 1. The Labute approximate surface area is 134 Å². The molecule has 0 aromatic heterocycles. The van der Waals surface area contributed by atoms with E-state index in [2.05, 4.69) is 24.3 Å². The molecular weight excluding hydrogens is 272 g/mol. The Morgan fingerprint density at radius 3 is 2.36 bits per heavy atom. The van der Waals surface area contributed by atoms with Gasteiger partial charge in [-0.1, -0.05) is 49.9 Å². The average Bonchev–Trinajstić information content (AvgIpc) is 3.28. The van der Waals surface area contributed by atoms with Crippen LogP contribution in [0, 0.1) is 11.3 Å². The lowest BCUT2D eigenvalue weighted by atomic mass is 9.86. The number of benzene rings is 1. The molecule has 0 radical (unpaired) electrons. The zero-order valence-corrected chi connectivity index (χ0v) is 14.1. The molecule has 1 N–H and O–H groups in total. The van der Waals surface area contributed by atoms with E-state index in [0.29, 0.717) is 0 Å². The molecule has 0 bridgehead atoms. The summed E-state index contributed by atoms with van der Waals surface area (Å²) in [5, 5.41) is 9.15. The predicted molar refractivity (Wildman–Crippen MR) is 91.1 cm³/mol. The SMILES string of the molecule is CC(C)(CCCc1cccc(CCCCC2CC2)c1)C(=O)O. The van der Waals surface area contributed by atoms with E-state index in [4.69, 9.17) is 5.11 Å². The Morgan fingerprint density at radius 2 is 1.77 bits per heavy atom. The first-order valence-electron chi connectivity index (χ1n) is 8.78. The fourth-order valence-electron chi connectivity index (χ4n) is 2.95. The van der Waals surface area contributed by atoms with Crippen LogP contribution in [-0.2, 0) is 17.6 Å². The van der Waals surface area contributed by atoms with Gasteiger partial charge in [0.1, 0.15) is 0 Å². The van der Waals surface area contributed by atoms with Crippen LogP contribution in [0.5, 0.6) is 0 Å². The Bertz CT molecular complexity index is 486. The van der Waals surface area contributed by atoms with Gasteiger partial charge in [-0.2, -0.15) is 0 Å². The van der Waals surface area contributed by atoms with Crippen LogP contribution >= 0.6 is 0 Å². The molecule has 122 valence electrons. The molecule has 0 atom stereocenters. The van der Waals surface area contributed by atoms with Gasteiger partial charge in [0, 0.05) is 0 Å². The largest absolute Gasteiger partial charge is 0.481 e. The second kappa shape index (κ2) is 7.80. The number of carboxylic acids is 1. The summed E-state index contributed by atoms with van der Waals surface area (Å²) in [6, 6.07) is 8.85. The van der Waals surface area contributed by atoms with Crippen molar-refractivity contribution >= 4 is 5.97 Å². The van der Waals surface area contributed by atoms with Crippen molar-refractivity contribution in [3.8, 4) is 0 Å². The van der Waals surface area contributed by atoms with Crippen LogP contribution < -0.4 is 0 Å². The summed E-state index contributed by atoms with van der Waals surface area (Å²) < 4.78 is 0. The van der Waals surface area contributed by atoms with Crippen LogP contribution in [0.15, 0.2) is 24.3 Å². The van der Waals surface area contributed by atoms with Crippen LogP contribution in [0.2, 0.25) is 0 Å². The van der Waals surface area contributed by atoms with Crippen LogP contribution in [0.1, 0.15) is 69.9 Å². The van der Waals surface area contributed by atoms with Crippen molar-refractivity contribution in [3.63, 3.8) is 0 Å². The molecule has 0 aliphatic heterocycles. The first-order valence-corrected chi connectivity index (χ1v) is 8.78. The number of aliphatic carboxylic acids is 1.